The van der Waals surface area contributed by atoms with Gasteiger partial charge in [-0.3, -0.25) is 9.59 Å². The van der Waals surface area contributed by atoms with Crippen molar-refractivity contribution in [1.29, 1.82) is 0 Å². The maximum Gasteiger partial charge on any atom is 0.307 e. The van der Waals surface area contributed by atoms with Gasteiger partial charge in [-0.15, -0.1) is 0 Å². The summed E-state index contributed by atoms with van der Waals surface area (Å²) >= 11 is 3.43. The molecule has 0 radical (unpaired) electrons. The Kier molecular flexibility index (Phi) is 3.71. The Labute approximate surface area is 114 Å². The van der Waals surface area contributed by atoms with Gasteiger partial charge in [-0.1, -0.05) is 34.1 Å². The molecule has 1 amide bonds. The fourth-order valence-corrected chi connectivity index (χ4v) is 2.61. The van der Waals surface area contributed by atoms with E-state index in [0.717, 1.165) is 10.0 Å². The first kappa shape index (κ1) is 13.1. The number of hydrogen-bond acceptors (Lipinski definition) is 2. The number of carboxylic acids is 1. The van der Waals surface area contributed by atoms with Gasteiger partial charge in [0.05, 0.1) is 17.9 Å². The first-order valence-electron chi connectivity index (χ1n) is 5.78. The molecule has 1 aromatic carbocycles. The van der Waals surface area contributed by atoms with Crippen LogP contribution in [0.25, 0.3) is 0 Å². The highest BCUT2D eigenvalue weighted by atomic mass is 79.9. The summed E-state index contributed by atoms with van der Waals surface area (Å²) < 4.78 is 0.934. The van der Waals surface area contributed by atoms with E-state index in [4.69, 9.17) is 5.11 Å². The van der Waals surface area contributed by atoms with Gasteiger partial charge in [0.25, 0.3) is 0 Å². The lowest BCUT2D eigenvalue weighted by Crippen LogP contribution is -2.29. The predicted molar refractivity (Wildman–Crippen MR) is 69.9 cm³/mol. The molecule has 2 N–H and O–H groups in total. The van der Waals surface area contributed by atoms with Crippen molar-refractivity contribution in [3.05, 3.63) is 34.3 Å². The largest absolute Gasteiger partial charge is 0.481 e. The number of carbonyl (C=O) groups is 2. The number of aliphatic carboxylic acids is 1. The molecule has 96 valence electrons. The van der Waals surface area contributed by atoms with Crippen molar-refractivity contribution >= 4 is 27.8 Å². The van der Waals surface area contributed by atoms with Crippen LogP contribution in [0.1, 0.15) is 24.9 Å². The second kappa shape index (κ2) is 5.10. The van der Waals surface area contributed by atoms with Gasteiger partial charge < -0.3 is 10.4 Å². The van der Waals surface area contributed by atoms with E-state index in [1.807, 2.05) is 31.2 Å². The number of benzene rings is 1. The van der Waals surface area contributed by atoms with E-state index in [0.29, 0.717) is 6.42 Å². The summed E-state index contributed by atoms with van der Waals surface area (Å²) in [6.45, 7) is 1.89. The van der Waals surface area contributed by atoms with Crippen LogP contribution < -0.4 is 5.32 Å². The van der Waals surface area contributed by atoms with Crippen LogP contribution in [0.2, 0.25) is 0 Å². The van der Waals surface area contributed by atoms with E-state index in [-0.39, 0.29) is 17.9 Å². The molecule has 0 heterocycles. The molecule has 0 spiro atoms. The molecule has 18 heavy (non-hydrogen) atoms. The Balaban J connectivity index is 1.97. The topological polar surface area (TPSA) is 66.4 Å². The molecule has 4 nitrogen and oxygen atoms in total. The van der Waals surface area contributed by atoms with Gasteiger partial charge in [0.2, 0.25) is 5.91 Å². The average molecular weight is 312 g/mol. The minimum atomic E-state index is -0.885. The number of halogens is 1. The molecular formula is C13H14BrNO3. The molecular weight excluding hydrogens is 298 g/mol. The SMILES string of the molecule is C[C@H](NC(=O)[C@@H]1C[C@H]1C(=O)O)c1ccccc1Br. The molecule has 0 aliphatic heterocycles. The first-order valence-corrected chi connectivity index (χ1v) is 6.57. The van der Waals surface area contributed by atoms with Crippen LogP contribution in [0.15, 0.2) is 28.7 Å². The predicted octanol–water partition coefficient (Wildman–Crippen LogP) is 2.35. The molecule has 5 heteroatoms. The summed E-state index contributed by atoms with van der Waals surface area (Å²) in [5.41, 5.74) is 0.985. The van der Waals surface area contributed by atoms with Crippen molar-refractivity contribution < 1.29 is 14.7 Å². The fourth-order valence-electron chi connectivity index (χ4n) is 1.98. The third-order valence-corrected chi connectivity index (χ3v) is 3.90. The quantitative estimate of drug-likeness (QED) is 0.897. The Morgan fingerprint density at radius 2 is 2.06 bits per heavy atom. The summed E-state index contributed by atoms with van der Waals surface area (Å²) in [5.74, 6) is -1.93. The number of carbonyl (C=O) groups excluding carboxylic acids is 1. The fraction of sp³-hybridized carbons (Fsp3) is 0.385. The van der Waals surface area contributed by atoms with E-state index < -0.39 is 11.9 Å². The Bertz CT molecular complexity index is 489. The second-order valence-corrected chi connectivity index (χ2v) is 5.39. The van der Waals surface area contributed by atoms with Crippen molar-refractivity contribution in [3.63, 3.8) is 0 Å². The highest BCUT2D eigenvalue weighted by Gasteiger charge is 2.48. The van der Waals surface area contributed by atoms with Gasteiger partial charge in [0.1, 0.15) is 0 Å². The lowest BCUT2D eigenvalue weighted by atomic mass is 10.1. The number of hydrogen-bond donors (Lipinski definition) is 2. The van der Waals surface area contributed by atoms with Gasteiger partial charge in [0.15, 0.2) is 0 Å². The molecule has 0 aromatic heterocycles. The molecule has 0 saturated heterocycles. The smallest absolute Gasteiger partial charge is 0.307 e. The van der Waals surface area contributed by atoms with E-state index in [9.17, 15) is 9.59 Å². The third-order valence-electron chi connectivity index (χ3n) is 3.17. The van der Waals surface area contributed by atoms with Gasteiger partial charge in [-0.2, -0.15) is 0 Å². The van der Waals surface area contributed by atoms with Crippen LogP contribution in [0, 0.1) is 11.8 Å². The van der Waals surface area contributed by atoms with E-state index in [1.54, 1.807) is 0 Å². The van der Waals surface area contributed by atoms with E-state index in [2.05, 4.69) is 21.2 Å². The third kappa shape index (κ3) is 2.72. The molecule has 2 rings (SSSR count). The van der Waals surface area contributed by atoms with Crippen LogP contribution in [0.5, 0.6) is 0 Å². The number of rotatable bonds is 4. The number of amides is 1. The zero-order valence-electron chi connectivity index (χ0n) is 9.89. The van der Waals surface area contributed by atoms with Crippen LogP contribution in [0.4, 0.5) is 0 Å². The zero-order chi connectivity index (χ0) is 13.3. The molecule has 1 aliphatic rings. The van der Waals surface area contributed by atoms with Crippen LogP contribution in [-0.4, -0.2) is 17.0 Å². The van der Waals surface area contributed by atoms with Crippen LogP contribution in [0.3, 0.4) is 0 Å². The van der Waals surface area contributed by atoms with Crippen LogP contribution in [-0.2, 0) is 9.59 Å². The summed E-state index contributed by atoms with van der Waals surface area (Å²) in [6, 6.07) is 7.51. The normalized spacial score (nSPS) is 23.2. The van der Waals surface area contributed by atoms with Crippen molar-refractivity contribution in [2.75, 3.05) is 0 Å². The molecule has 0 unspecified atom stereocenters. The van der Waals surface area contributed by atoms with E-state index in [1.165, 1.54) is 0 Å². The highest BCUT2D eigenvalue weighted by Crippen LogP contribution is 2.39. The molecule has 3 atom stereocenters. The summed E-state index contributed by atoms with van der Waals surface area (Å²) in [6.07, 6.45) is 0.448. The average Bonchev–Trinajstić information content (AvgIpc) is 3.09. The molecule has 0 bridgehead atoms. The van der Waals surface area contributed by atoms with E-state index >= 15 is 0 Å². The molecule has 1 aromatic rings. The standard InChI is InChI=1S/C13H14BrNO3/c1-7(8-4-2-3-5-11(8)14)15-12(16)9-6-10(9)13(17)18/h2-5,7,9-10H,6H2,1H3,(H,15,16)(H,17,18)/t7-,9+,10+/m0/s1. The zero-order valence-corrected chi connectivity index (χ0v) is 11.5. The summed E-state index contributed by atoms with van der Waals surface area (Å²) in [7, 11) is 0. The molecule has 1 saturated carbocycles. The minimum Gasteiger partial charge on any atom is -0.481 e. The first-order chi connectivity index (χ1) is 8.50. The maximum atomic E-state index is 11.8. The highest BCUT2D eigenvalue weighted by molar-refractivity contribution is 9.10. The monoisotopic (exact) mass is 311 g/mol. The van der Waals surface area contributed by atoms with Gasteiger partial charge in [-0.25, -0.2) is 0 Å². The molecule has 1 aliphatic carbocycles. The molecule has 1 fully saturated rings. The summed E-state index contributed by atoms with van der Waals surface area (Å²) in [5, 5.41) is 11.6. The van der Waals surface area contributed by atoms with Crippen LogP contribution >= 0.6 is 15.9 Å². The van der Waals surface area contributed by atoms with Gasteiger partial charge in [0, 0.05) is 4.47 Å². The number of nitrogens with one attached hydrogen (secondary N) is 1. The lowest BCUT2D eigenvalue weighted by Gasteiger charge is -2.15. The van der Waals surface area contributed by atoms with Gasteiger partial charge >= 0.3 is 5.97 Å². The Hall–Kier alpha value is -1.36. The minimum absolute atomic E-state index is 0.136. The van der Waals surface area contributed by atoms with Gasteiger partial charge in [-0.05, 0) is 25.0 Å². The maximum absolute atomic E-state index is 11.8. The second-order valence-electron chi connectivity index (χ2n) is 4.54. The van der Waals surface area contributed by atoms with Crippen molar-refractivity contribution in [1.82, 2.24) is 5.32 Å². The Morgan fingerprint density at radius 1 is 1.39 bits per heavy atom. The number of carboxylic acid groups (broad SMARTS) is 1. The Morgan fingerprint density at radius 3 is 2.61 bits per heavy atom. The van der Waals surface area contributed by atoms with Crippen molar-refractivity contribution in [2.45, 2.75) is 19.4 Å². The lowest BCUT2D eigenvalue weighted by molar-refractivity contribution is -0.140. The van der Waals surface area contributed by atoms with Crippen molar-refractivity contribution in [3.8, 4) is 0 Å². The summed E-state index contributed by atoms with van der Waals surface area (Å²) in [4.78, 5) is 22.5. The van der Waals surface area contributed by atoms with Crippen molar-refractivity contribution in [2.24, 2.45) is 11.8 Å².